The fourth-order valence-electron chi connectivity index (χ4n) is 2.53. The average Bonchev–Trinajstić information content (AvgIpc) is 2.92. The van der Waals surface area contributed by atoms with Crippen LogP contribution in [0.4, 0.5) is 0 Å². The molecule has 0 bridgehead atoms. The highest BCUT2D eigenvalue weighted by Crippen LogP contribution is 2.34. The van der Waals surface area contributed by atoms with Crippen LogP contribution in [-0.4, -0.2) is 30.4 Å². The van der Waals surface area contributed by atoms with Crippen molar-refractivity contribution in [3.63, 3.8) is 0 Å². The van der Waals surface area contributed by atoms with E-state index in [2.05, 4.69) is 11.8 Å². The lowest BCUT2D eigenvalue weighted by atomic mass is 9.95. The van der Waals surface area contributed by atoms with Crippen molar-refractivity contribution in [1.29, 1.82) is 0 Å². The Morgan fingerprint density at radius 1 is 1.40 bits per heavy atom. The highest BCUT2D eigenvalue weighted by atomic mass is 16.2. The minimum Gasteiger partial charge on any atom is -0.342 e. The smallest absolute Gasteiger partial charge is 0.222 e. The molecule has 0 spiro atoms. The van der Waals surface area contributed by atoms with E-state index in [1.807, 2.05) is 0 Å². The minimum atomic E-state index is 0.379. The van der Waals surface area contributed by atoms with E-state index in [-0.39, 0.29) is 0 Å². The highest BCUT2D eigenvalue weighted by molar-refractivity contribution is 5.77. The van der Waals surface area contributed by atoms with Gasteiger partial charge in [-0.25, -0.2) is 0 Å². The Hall–Kier alpha value is -0.570. The van der Waals surface area contributed by atoms with Gasteiger partial charge in [-0.1, -0.05) is 6.92 Å². The van der Waals surface area contributed by atoms with E-state index in [4.69, 9.17) is 5.73 Å². The largest absolute Gasteiger partial charge is 0.342 e. The van der Waals surface area contributed by atoms with Crippen molar-refractivity contribution in [2.45, 2.75) is 32.6 Å². The summed E-state index contributed by atoms with van der Waals surface area (Å²) in [7, 11) is 0. The first-order valence-electron chi connectivity index (χ1n) is 6.18. The topological polar surface area (TPSA) is 46.3 Å². The Balaban J connectivity index is 1.81. The zero-order chi connectivity index (χ0) is 10.8. The molecule has 1 aliphatic heterocycles. The van der Waals surface area contributed by atoms with Gasteiger partial charge in [0.2, 0.25) is 5.91 Å². The molecule has 3 heteroatoms. The lowest BCUT2D eigenvalue weighted by Gasteiger charge is -2.16. The Morgan fingerprint density at radius 2 is 2.13 bits per heavy atom. The molecule has 86 valence electrons. The van der Waals surface area contributed by atoms with Gasteiger partial charge in [-0.3, -0.25) is 4.79 Å². The lowest BCUT2D eigenvalue weighted by molar-refractivity contribution is -0.130. The lowest BCUT2D eigenvalue weighted by Crippen LogP contribution is -2.29. The number of carbonyl (C=O) groups is 1. The van der Waals surface area contributed by atoms with E-state index < -0.39 is 0 Å². The van der Waals surface area contributed by atoms with Crippen molar-refractivity contribution in [2.75, 3.05) is 19.6 Å². The molecule has 1 saturated heterocycles. The van der Waals surface area contributed by atoms with Crippen LogP contribution in [-0.2, 0) is 4.79 Å². The van der Waals surface area contributed by atoms with E-state index >= 15 is 0 Å². The molecule has 1 aliphatic carbocycles. The first kappa shape index (κ1) is 10.9. The van der Waals surface area contributed by atoms with Crippen LogP contribution in [0.15, 0.2) is 0 Å². The molecule has 2 atom stereocenters. The van der Waals surface area contributed by atoms with Crippen LogP contribution in [0.3, 0.4) is 0 Å². The average molecular weight is 210 g/mol. The van der Waals surface area contributed by atoms with Gasteiger partial charge in [0.1, 0.15) is 0 Å². The fraction of sp³-hybridized carbons (Fsp3) is 0.917. The normalized spacial score (nSPS) is 30.9. The summed E-state index contributed by atoms with van der Waals surface area (Å²) in [6.45, 7) is 4.89. The van der Waals surface area contributed by atoms with Gasteiger partial charge in [0, 0.05) is 19.5 Å². The predicted octanol–water partition coefficient (Wildman–Crippen LogP) is 1.23. The summed E-state index contributed by atoms with van der Waals surface area (Å²) in [5.74, 6) is 2.36. The summed E-state index contributed by atoms with van der Waals surface area (Å²) >= 11 is 0. The zero-order valence-electron chi connectivity index (χ0n) is 9.61. The molecule has 2 fully saturated rings. The molecule has 2 N–H and O–H groups in total. The molecular weight excluding hydrogens is 188 g/mol. The first-order chi connectivity index (χ1) is 7.20. The van der Waals surface area contributed by atoms with Crippen LogP contribution < -0.4 is 5.73 Å². The Morgan fingerprint density at radius 3 is 2.73 bits per heavy atom. The second kappa shape index (κ2) is 4.52. The second-order valence-electron chi connectivity index (χ2n) is 5.26. The maximum Gasteiger partial charge on any atom is 0.222 e. The van der Waals surface area contributed by atoms with Gasteiger partial charge < -0.3 is 10.6 Å². The molecule has 0 aromatic carbocycles. The molecule has 0 radical (unpaired) electrons. The Bertz CT molecular complexity index is 238. The quantitative estimate of drug-likeness (QED) is 0.758. The number of hydrogen-bond donors (Lipinski definition) is 1. The van der Waals surface area contributed by atoms with Crippen molar-refractivity contribution >= 4 is 5.91 Å². The molecule has 2 rings (SSSR count). The third kappa shape index (κ3) is 2.71. The number of nitrogens with two attached hydrogens (primary N) is 1. The summed E-state index contributed by atoms with van der Waals surface area (Å²) in [6, 6.07) is 0. The zero-order valence-corrected chi connectivity index (χ0v) is 9.61. The minimum absolute atomic E-state index is 0.379. The van der Waals surface area contributed by atoms with E-state index in [9.17, 15) is 4.79 Å². The van der Waals surface area contributed by atoms with Crippen LogP contribution in [0, 0.1) is 17.8 Å². The summed E-state index contributed by atoms with van der Waals surface area (Å²) in [5.41, 5.74) is 5.58. The molecule has 2 aliphatic rings. The molecular formula is C12H22N2O. The number of hydrogen-bond acceptors (Lipinski definition) is 2. The van der Waals surface area contributed by atoms with Crippen LogP contribution >= 0.6 is 0 Å². The molecule has 0 unspecified atom stereocenters. The third-order valence-electron chi connectivity index (χ3n) is 3.82. The van der Waals surface area contributed by atoms with E-state index in [1.54, 1.807) is 0 Å². The Kier molecular flexibility index (Phi) is 3.29. The number of amides is 1. The monoisotopic (exact) mass is 210 g/mol. The van der Waals surface area contributed by atoms with Gasteiger partial charge >= 0.3 is 0 Å². The number of carbonyl (C=O) groups excluding carboxylic acids is 1. The van der Waals surface area contributed by atoms with Gasteiger partial charge in [0.15, 0.2) is 0 Å². The maximum absolute atomic E-state index is 11.9. The standard InChI is InChI=1S/C12H22N2O/c1-9-7-14(8-11(9)4-5-13)12(15)6-10-2-3-10/h9-11H,2-8,13H2,1H3/t9-,11-/m1/s1. The van der Waals surface area contributed by atoms with Crippen molar-refractivity contribution in [3.8, 4) is 0 Å². The Labute approximate surface area is 92.0 Å². The van der Waals surface area contributed by atoms with Crippen LogP contribution in [0.1, 0.15) is 32.6 Å². The molecule has 0 aromatic heterocycles. The third-order valence-corrected chi connectivity index (χ3v) is 3.82. The molecule has 0 aromatic rings. The van der Waals surface area contributed by atoms with E-state index in [1.165, 1.54) is 12.8 Å². The summed E-state index contributed by atoms with van der Waals surface area (Å²) in [5, 5.41) is 0. The predicted molar refractivity (Wildman–Crippen MR) is 60.2 cm³/mol. The number of likely N-dealkylation sites (tertiary alicyclic amines) is 1. The summed E-state index contributed by atoms with van der Waals surface area (Å²) in [6.07, 6.45) is 4.39. The molecule has 1 saturated carbocycles. The first-order valence-corrected chi connectivity index (χ1v) is 6.18. The molecule has 1 heterocycles. The highest BCUT2D eigenvalue weighted by Gasteiger charge is 2.34. The molecule has 1 amide bonds. The van der Waals surface area contributed by atoms with Gasteiger partial charge in [0.05, 0.1) is 0 Å². The van der Waals surface area contributed by atoms with E-state index in [0.29, 0.717) is 23.7 Å². The van der Waals surface area contributed by atoms with Crippen LogP contribution in [0.2, 0.25) is 0 Å². The van der Waals surface area contributed by atoms with E-state index in [0.717, 1.165) is 32.5 Å². The van der Waals surface area contributed by atoms with Crippen molar-refractivity contribution < 1.29 is 4.79 Å². The van der Waals surface area contributed by atoms with Crippen LogP contribution in [0.5, 0.6) is 0 Å². The van der Waals surface area contributed by atoms with Gasteiger partial charge in [-0.15, -0.1) is 0 Å². The summed E-state index contributed by atoms with van der Waals surface area (Å²) in [4.78, 5) is 13.9. The number of nitrogens with zero attached hydrogens (tertiary/aromatic N) is 1. The van der Waals surface area contributed by atoms with Crippen molar-refractivity contribution in [3.05, 3.63) is 0 Å². The van der Waals surface area contributed by atoms with Crippen molar-refractivity contribution in [1.82, 2.24) is 4.90 Å². The molecule has 15 heavy (non-hydrogen) atoms. The SMILES string of the molecule is C[C@@H]1CN(C(=O)CC2CC2)C[C@H]1CCN. The number of rotatable bonds is 4. The van der Waals surface area contributed by atoms with Gasteiger partial charge in [-0.05, 0) is 43.6 Å². The summed E-state index contributed by atoms with van der Waals surface area (Å²) < 4.78 is 0. The van der Waals surface area contributed by atoms with Gasteiger partial charge in [-0.2, -0.15) is 0 Å². The molecule has 3 nitrogen and oxygen atoms in total. The maximum atomic E-state index is 11.9. The van der Waals surface area contributed by atoms with Gasteiger partial charge in [0.25, 0.3) is 0 Å². The van der Waals surface area contributed by atoms with Crippen LogP contribution in [0.25, 0.3) is 0 Å². The van der Waals surface area contributed by atoms with Crippen molar-refractivity contribution in [2.24, 2.45) is 23.5 Å². The fourth-order valence-corrected chi connectivity index (χ4v) is 2.53. The second-order valence-corrected chi connectivity index (χ2v) is 5.26.